The predicted molar refractivity (Wildman–Crippen MR) is 84.5 cm³/mol. The van der Waals surface area contributed by atoms with Crippen LogP contribution in [0.1, 0.15) is 29.2 Å². The van der Waals surface area contributed by atoms with Gasteiger partial charge in [0.1, 0.15) is 11.5 Å². The molecule has 0 fully saturated rings. The van der Waals surface area contributed by atoms with E-state index in [4.69, 9.17) is 10.5 Å². The lowest BCUT2D eigenvalue weighted by Gasteiger charge is -2.13. The summed E-state index contributed by atoms with van der Waals surface area (Å²) < 4.78 is 6.05. The Balaban J connectivity index is 2.26. The topological polar surface area (TPSA) is 35.2 Å². The quantitative estimate of drug-likeness (QED) is 0.898. The molecule has 2 N–H and O–H groups in total. The Bertz CT molecular complexity index is 602. The van der Waals surface area contributed by atoms with E-state index in [1.54, 1.807) is 0 Å². The van der Waals surface area contributed by atoms with Gasteiger partial charge in [0, 0.05) is 6.04 Å². The molecule has 0 spiro atoms. The van der Waals surface area contributed by atoms with Gasteiger partial charge in [0.2, 0.25) is 0 Å². The molecule has 20 heavy (non-hydrogen) atoms. The van der Waals surface area contributed by atoms with Crippen molar-refractivity contribution in [2.45, 2.75) is 40.2 Å². The second-order valence-corrected chi connectivity index (χ2v) is 5.64. The molecule has 1 unspecified atom stereocenters. The summed E-state index contributed by atoms with van der Waals surface area (Å²) in [7, 11) is 0. The van der Waals surface area contributed by atoms with Crippen LogP contribution in [0.25, 0.3) is 0 Å². The summed E-state index contributed by atoms with van der Waals surface area (Å²) >= 11 is 0. The number of benzene rings is 2. The first-order valence-corrected chi connectivity index (χ1v) is 7.06. The summed E-state index contributed by atoms with van der Waals surface area (Å²) in [6, 6.07) is 12.6. The van der Waals surface area contributed by atoms with Crippen LogP contribution in [0.15, 0.2) is 36.4 Å². The molecule has 0 amide bonds. The molecule has 0 bridgehead atoms. The van der Waals surface area contributed by atoms with Gasteiger partial charge in [-0.3, -0.25) is 0 Å². The van der Waals surface area contributed by atoms with E-state index in [1.807, 2.05) is 19.1 Å². The van der Waals surface area contributed by atoms with Crippen molar-refractivity contribution in [2.24, 2.45) is 5.73 Å². The number of aryl methyl sites for hydroxylation is 2. The maximum atomic E-state index is 6.05. The highest BCUT2D eigenvalue weighted by Gasteiger charge is 2.06. The van der Waals surface area contributed by atoms with Crippen molar-refractivity contribution in [3.63, 3.8) is 0 Å². The molecule has 2 nitrogen and oxygen atoms in total. The second kappa shape index (κ2) is 6.10. The zero-order valence-corrected chi connectivity index (χ0v) is 12.7. The molecule has 0 aromatic heterocycles. The lowest BCUT2D eigenvalue weighted by Crippen LogP contribution is -2.17. The minimum absolute atomic E-state index is 0.160. The highest BCUT2D eigenvalue weighted by Crippen LogP contribution is 2.29. The number of rotatable bonds is 4. The van der Waals surface area contributed by atoms with E-state index in [2.05, 4.69) is 45.0 Å². The highest BCUT2D eigenvalue weighted by atomic mass is 16.5. The van der Waals surface area contributed by atoms with Gasteiger partial charge >= 0.3 is 0 Å². The molecule has 2 aromatic rings. The van der Waals surface area contributed by atoms with E-state index in [0.29, 0.717) is 0 Å². The molecule has 0 radical (unpaired) electrons. The molecule has 0 saturated carbocycles. The van der Waals surface area contributed by atoms with Crippen molar-refractivity contribution in [1.82, 2.24) is 0 Å². The van der Waals surface area contributed by atoms with Gasteiger partial charge in [0.15, 0.2) is 0 Å². The average molecular weight is 269 g/mol. The van der Waals surface area contributed by atoms with Crippen LogP contribution in [-0.2, 0) is 6.42 Å². The molecule has 2 rings (SSSR count). The average Bonchev–Trinajstić information content (AvgIpc) is 2.35. The lowest BCUT2D eigenvalue weighted by atomic mass is 10.1. The highest BCUT2D eigenvalue weighted by molar-refractivity contribution is 5.44. The third-order valence-electron chi connectivity index (χ3n) is 3.45. The van der Waals surface area contributed by atoms with Crippen molar-refractivity contribution in [3.05, 3.63) is 58.7 Å². The summed E-state index contributed by atoms with van der Waals surface area (Å²) in [5.41, 5.74) is 10.7. The van der Waals surface area contributed by atoms with Gasteiger partial charge in [-0.15, -0.1) is 0 Å². The van der Waals surface area contributed by atoms with Gasteiger partial charge in [-0.2, -0.15) is 0 Å². The largest absolute Gasteiger partial charge is 0.457 e. The summed E-state index contributed by atoms with van der Waals surface area (Å²) in [4.78, 5) is 0. The Labute approximate surface area is 121 Å². The van der Waals surface area contributed by atoms with Gasteiger partial charge in [0.25, 0.3) is 0 Å². The molecule has 0 aliphatic heterocycles. The Morgan fingerprint density at radius 3 is 2.55 bits per heavy atom. The zero-order chi connectivity index (χ0) is 14.7. The molecule has 106 valence electrons. The van der Waals surface area contributed by atoms with Crippen LogP contribution in [-0.4, -0.2) is 6.04 Å². The Kier molecular flexibility index (Phi) is 4.46. The minimum atomic E-state index is 0.160. The lowest BCUT2D eigenvalue weighted by molar-refractivity contribution is 0.477. The van der Waals surface area contributed by atoms with E-state index in [9.17, 15) is 0 Å². The van der Waals surface area contributed by atoms with E-state index in [0.717, 1.165) is 17.9 Å². The van der Waals surface area contributed by atoms with E-state index >= 15 is 0 Å². The minimum Gasteiger partial charge on any atom is -0.457 e. The number of ether oxygens (including phenoxy) is 1. The monoisotopic (exact) mass is 269 g/mol. The number of hydrogen-bond donors (Lipinski definition) is 1. The smallest absolute Gasteiger partial charge is 0.130 e. The second-order valence-electron chi connectivity index (χ2n) is 5.64. The van der Waals surface area contributed by atoms with Crippen LogP contribution in [0.5, 0.6) is 11.5 Å². The van der Waals surface area contributed by atoms with Crippen LogP contribution < -0.4 is 10.5 Å². The molecule has 0 aliphatic carbocycles. The zero-order valence-electron chi connectivity index (χ0n) is 12.7. The van der Waals surface area contributed by atoms with Crippen LogP contribution in [0.3, 0.4) is 0 Å². The van der Waals surface area contributed by atoms with Crippen molar-refractivity contribution >= 4 is 0 Å². The molecule has 2 heteroatoms. The first-order chi connectivity index (χ1) is 9.45. The molecule has 0 heterocycles. The van der Waals surface area contributed by atoms with E-state index in [-0.39, 0.29) is 6.04 Å². The SMILES string of the molecule is Cc1cc(C)c(C)c(Oc2cccc(CC(C)N)c2)c1. The fraction of sp³-hybridized carbons (Fsp3) is 0.333. The summed E-state index contributed by atoms with van der Waals surface area (Å²) in [6.07, 6.45) is 0.864. The maximum Gasteiger partial charge on any atom is 0.130 e. The first-order valence-electron chi connectivity index (χ1n) is 7.06. The Hall–Kier alpha value is -1.80. The fourth-order valence-corrected chi connectivity index (χ4v) is 2.34. The van der Waals surface area contributed by atoms with Crippen LogP contribution >= 0.6 is 0 Å². The standard InChI is InChI=1S/C18H23NO/c1-12-8-13(2)15(4)18(9-12)20-17-7-5-6-16(11-17)10-14(3)19/h5-9,11,14H,10,19H2,1-4H3. The normalized spacial score (nSPS) is 12.2. The third-order valence-corrected chi connectivity index (χ3v) is 3.45. The van der Waals surface area contributed by atoms with Crippen molar-refractivity contribution in [3.8, 4) is 11.5 Å². The predicted octanol–water partition coefficient (Wildman–Crippen LogP) is 4.29. The van der Waals surface area contributed by atoms with Crippen LogP contribution in [0.4, 0.5) is 0 Å². The van der Waals surface area contributed by atoms with Crippen LogP contribution in [0, 0.1) is 20.8 Å². The van der Waals surface area contributed by atoms with E-state index in [1.165, 1.54) is 22.3 Å². The number of nitrogens with two attached hydrogens (primary N) is 1. The molecular weight excluding hydrogens is 246 g/mol. The molecule has 0 saturated heterocycles. The fourth-order valence-electron chi connectivity index (χ4n) is 2.34. The van der Waals surface area contributed by atoms with Crippen molar-refractivity contribution in [1.29, 1.82) is 0 Å². The van der Waals surface area contributed by atoms with Crippen molar-refractivity contribution in [2.75, 3.05) is 0 Å². The van der Waals surface area contributed by atoms with Gasteiger partial charge < -0.3 is 10.5 Å². The third kappa shape index (κ3) is 3.61. The molecular formula is C18H23NO. The summed E-state index contributed by atoms with van der Waals surface area (Å²) in [5.74, 6) is 1.80. The van der Waals surface area contributed by atoms with Gasteiger partial charge in [-0.1, -0.05) is 18.2 Å². The van der Waals surface area contributed by atoms with Gasteiger partial charge in [-0.05, 0) is 74.6 Å². The Morgan fingerprint density at radius 1 is 1.10 bits per heavy atom. The summed E-state index contributed by atoms with van der Waals surface area (Å²) in [6.45, 7) is 8.31. The van der Waals surface area contributed by atoms with Gasteiger partial charge in [0.05, 0.1) is 0 Å². The molecule has 2 aromatic carbocycles. The van der Waals surface area contributed by atoms with Crippen LogP contribution in [0.2, 0.25) is 0 Å². The van der Waals surface area contributed by atoms with Crippen molar-refractivity contribution < 1.29 is 4.74 Å². The molecule has 1 atom stereocenters. The first kappa shape index (κ1) is 14.6. The Morgan fingerprint density at radius 2 is 1.85 bits per heavy atom. The number of hydrogen-bond acceptors (Lipinski definition) is 2. The molecule has 0 aliphatic rings. The van der Waals surface area contributed by atoms with Gasteiger partial charge in [-0.25, -0.2) is 0 Å². The van der Waals surface area contributed by atoms with E-state index < -0.39 is 0 Å². The maximum absolute atomic E-state index is 6.05. The summed E-state index contributed by atoms with van der Waals surface area (Å²) in [5, 5.41) is 0.